The quantitative estimate of drug-likeness (QED) is 0.556. The highest BCUT2D eigenvalue weighted by atomic mass is 31.2. The van der Waals surface area contributed by atoms with Gasteiger partial charge in [-0.1, -0.05) is 0 Å². The molecule has 0 bridgehead atoms. The Morgan fingerprint density at radius 1 is 1.50 bits per heavy atom. The molecule has 0 aromatic carbocycles. The van der Waals surface area contributed by atoms with Crippen molar-refractivity contribution in [2.45, 2.75) is 12.3 Å². The van der Waals surface area contributed by atoms with Crippen LogP contribution in [0.15, 0.2) is 0 Å². The topological polar surface area (TPSA) is 52.2 Å². The minimum absolute atomic E-state index is 0.647. The first-order valence-corrected chi connectivity index (χ1v) is 4.08. The molecule has 0 aliphatic heterocycles. The molecule has 0 fully saturated rings. The summed E-state index contributed by atoms with van der Waals surface area (Å²) in [5.74, 6) is -4.55. The first-order chi connectivity index (χ1) is 5.15. The summed E-state index contributed by atoms with van der Waals surface area (Å²) >= 11 is 0. The Labute approximate surface area is 64.2 Å². The second-order valence-electron chi connectivity index (χ2n) is 1.88. The summed E-state index contributed by atoms with van der Waals surface area (Å²) < 4.78 is 67.3. The summed E-state index contributed by atoms with van der Waals surface area (Å²) in [6.45, 7) is -1.94. The Balaban J connectivity index is 4.01. The van der Waals surface area contributed by atoms with Crippen molar-refractivity contribution >= 4 is 7.83 Å². The predicted molar refractivity (Wildman–Crippen MR) is 27.7 cm³/mol. The summed E-state index contributed by atoms with van der Waals surface area (Å²) in [6.07, 6.45) is -4.03. The fraction of sp³-hybridized carbons (Fsp3) is 1.00. The third-order valence-electron chi connectivity index (χ3n) is 0.823. The molecule has 0 saturated carbocycles. The van der Waals surface area contributed by atoms with Crippen molar-refractivity contribution in [3.05, 3.63) is 0 Å². The first kappa shape index (κ1) is 11.8. The van der Waals surface area contributed by atoms with Gasteiger partial charge < -0.3 is 4.89 Å². The SMILES string of the molecule is O=P([O-])(F)NCC(F)(F)C(F)F. The van der Waals surface area contributed by atoms with Gasteiger partial charge >= 0.3 is 12.3 Å². The Bertz CT molecular complexity index is 191. The molecule has 0 spiro atoms. The number of nitrogens with one attached hydrogen (secondary N) is 1. The molecule has 0 aromatic rings. The van der Waals surface area contributed by atoms with Crippen molar-refractivity contribution in [1.29, 1.82) is 0 Å². The van der Waals surface area contributed by atoms with Crippen molar-refractivity contribution < 1.29 is 31.2 Å². The maximum Gasteiger partial charge on any atom is 0.320 e. The lowest BCUT2D eigenvalue weighted by atomic mass is 10.4. The molecule has 1 N–H and O–H groups in total. The molecule has 3 nitrogen and oxygen atoms in total. The van der Waals surface area contributed by atoms with Crippen molar-refractivity contribution in [3.8, 4) is 0 Å². The number of hydrogen-bond donors (Lipinski definition) is 1. The molecular formula is C3H4F5NO2P-. The summed E-state index contributed by atoms with van der Waals surface area (Å²) in [5.41, 5.74) is 0. The van der Waals surface area contributed by atoms with Crippen LogP contribution >= 0.6 is 7.83 Å². The smallest absolute Gasteiger partial charge is 0.320 e. The molecule has 0 amide bonds. The van der Waals surface area contributed by atoms with Gasteiger partial charge in [-0.3, -0.25) is 4.57 Å². The van der Waals surface area contributed by atoms with Crippen molar-refractivity contribution in [2.24, 2.45) is 0 Å². The minimum Gasteiger partial charge on any atom is -0.763 e. The number of rotatable bonds is 4. The maximum atomic E-state index is 11.8. The van der Waals surface area contributed by atoms with E-state index in [4.69, 9.17) is 0 Å². The molecule has 0 saturated heterocycles. The lowest BCUT2D eigenvalue weighted by Gasteiger charge is -2.19. The monoisotopic (exact) mass is 212 g/mol. The average molecular weight is 212 g/mol. The fourth-order valence-electron chi connectivity index (χ4n) is 0.277. The zero-order valence-electron chi connectivity index (χ0n) is 5.44. The highest BCUT2D eigenvalue weighted by molar-refractivity contribution is 7.48. The van der Waals surface area contributed by atoms with Crippen LogP contribution < -0.4 is 9.98 Å². The van der Waals surface area contributed by atoms with Gasteiger partial charge in [0.05, 0.1) is 6.54 Å². The second kappa shape index (κ2) is 3.68. The molecule has 1 unspecified atom stereocenters. The van der Waals surface area contributed by atoms with E-state index in [2.05, 4.69) is 0 Å². The summed E-state index contributed by atoms with van der Waals surface area (Å²) in [6, 6.07) is 0. The molecular weight excluding hydrogens is 208 g/mol. The van der Waals surface area contributed by atoms with Gasteiger partial charge in [0, 0.05) is 0 Å². The van der Waals surface area contributed by atoms with Crippen LogP contribution in [0.1, 0.15) is 0 Å². The van der Waals surface area contributed by atoms with Crippen LogP contribution in [-0.4, -0.2) is 18.9 Å². The van der Waals surface area contributed by atoms with Crippen molar-refractivity contribution in [1.82, 2.24) is 5.09 Å². The minimum atomic E-state index is -5.62. The zero-order valence-corrected chi connectivity index (χ0v) is 6.33. The molecule has 0 aliphatic rings. The zero-order chi connectivity index (χ0) is 9.99. The van der Waals surface area contributed by atoms with Gasteiger partial charge in [0.2, 0.25) is 7.83 Å². The van der Waals surface area contributed by atoms with Gasteiger partial charge in [-0.2, -0.15) is 13.0 Å². The van der Waals surface area contributed by atoms with Crippen molar-refractivity contribution in [2.75, 3.05) is 6.54 Å². The number of halogens is 5. The molecule has 12 heavy (non-hydrogen) atoms. The molecule has 74 valence electrons. The normalized spacial score (nSPS) is 17.9. The van der Waals surface area contributed by atoms with E-state index in [1.807, 2.05) is 0 Å². The Morgan fingerprint density at radius 3 is 2.17 bits per heavy atom. The number of hydrogen-bond acceptors (Lipinski definition) is 2. The van der Waals surface area contributed by atoms with E-state index in [1.165, 1.54) is 0 Å². The summed E-state index contributed by atoms with van der Waals surface area (Å²) in [5, 5.41) is 0.647. The Kier molecular flexibility index (Phi) is 3.61. The van der Waals surface area contributed by atoms with Crippen LogP contribution in [-0.2, 0) is 4.57 Å². The van der Waals surface area contributed by atoms with E-state index in [0.29, 0.717) is 5.09 Å². The van der Waals surface area contributed by atoms with E-state index < -0.39 is 26.7 Å². The molecule has 0 heterocycles. The van der Waals surface area contributed by atoms with E-state index in [-0.39, 0.29) is 0 Å². The van der Waals surface area contributed by atoms with Gasteiger partial charge in [-0.25, -0.2) is 13.9 Å². The average Bonchev–Trinajstić information content (AvgIpc) is 1.82. The van der Waals surface area contributed by atoms with E-state index >= 15 is 0 Å². The van der Waals surface area contributed by atoms with Crippen molar-refractivity contribution in [3.63, 3.8) is 0 Å². The summed E-state index contributed by atoms with van der Waals surface area (Å²) in [4.78, 5) is 9.57. The third-order valence-corrected chi connectivity index (χ3v) is 1.36. The largest absolute Gasteiger partial charge is 0.763 e. The summed E-state index contributed by atoms with van der Waals surface area (Å²) in [7, 11) is -5.62. The molecule has 0 radical (unpaired) electrons. The van der Waals surface area contributed by atoms with Gasteiger partial charge in [0.1, 0.15) is 0 Å². The maximum absolute atomic E-state index is 11.8. The third kappa shape index (κ3) is 4.63. The van der Waals surface area contributed by atoms with Gasteiger partial charge in [-0.15, -0.1) is 0 Å². The van der Waals surface area contributed by atoms with Crippen LogP contribution in [0.3, 0.4) is 0 Å². The second-order valence-corrected chi connectivity index (χ2v) is 3.15. The van der Waals surface area contributed by atoms with Gasteiger partial charge in [0.15, 0.2) is 0 Å². The van der Waals surface area contributed by atoms with Crippen LogP contribution in [0.4, 0.5) is 21.8 Å². The first-order valence-electron chi connectivity index (χ1n) is 2.57. The van der Waals surface area contributed by atoms with Crippen LogP contribution in [0.2, 0.25) is 0 Å². The predicted octanol–water partition coefficient (Wildman–Crippen LogP) is 0.914. The van der Waals surface area contributed by atoms with E-state index in [0.717, 1.165) is 0 Å². The Morgan fingerprint density at radius 2 is 1.92 bits per heavy atom. The molecule has 0 aliphatic carbocycles. The molecule has 0 rings (SSSR count). The lowest BCUT2D eigenvalue weighted by Crippen LogP contribution is -2.38. The fourth-order valence-corrected chi connectivity index (χ4v) is 0.677. The van der Waals surface area contributed by atoms with Gasteiger partial charge in [0.25, 0.3) is 0 Å². The highest BCUT2D eigenvalue weighted by Crippen LogP contribution is 2.33. The highest BCUT2D eigenvalue weighted by Gasteiger charge is 2.40. The van der Waals surface area contributed by atoms with Crippen LogP contribution in [0, 0.1) is 0 Å². The molecule has 0 aromatic heterocycles. The van der Waals surface area contributed by atoms with Gasteiger partial charge in [-0.05, 0) is 0 Å². The van der Waals surface area contributed by atoms with Crippen LogP contribution in [0.25, 0.3) is 0 Å². The standard InChI is InChI=1S/C3H5F5NO2P/c4-2(5)3(6,7)1-9-12(8,10)11/h2H,1H2,(H2,9,10,11)/p-1. The lowest BCUT2D eigenvalue weighted by molar-refractivity contribution is -0.192. The van der Waals surface area contributed by atoms with E-state index in [9.17, 15) is 31.2 Å². The molecule has 1 atom stereocenters. The molecule has 9 heteroatoms. The Hall–Kier alpha value is -0.200. The number of alkyl halides is 4. The van der Waals surface area contributed by atoms with Crippen LogP contribution in [0.5, 0.6) is 0 Å². The van der Waals surface area contributed by atoms with E-state index in [1.54, 1.807) is 0 Å².